The molecule has 0 aliphatic heterocycles. The van der Waals surface area contributed by atoms with Gasteiger partial charge in [-0.2, -0.15) is 0 Å². The number of halogens is 1. The van der Waals surface area contributed by atoms with Gasteiger partial charge >= 0.3 is 0 Å². The van der Waals surface area contributed by atoms with Crippen LogP contribution in [0.2, 0.25) is 0 Å². The Kier molecular flexibility index (Phi) is 3.43. The predicted molar refractivity (Wildman–Crippen MR) is 50.6 cm³/mol. The van der Waals surface area contributed by atoms with E-state index in [2.05, 4.69) is 34.3 Å². The van der Waals surface area contributed by atoms with Gasteiger partial charge in [-0.1, -0.05) is 13.3 Å². The van der Waals surface area contributed by atoms with Crippen LogP contribution in [0.4, 0.5) is 0 Å². The average molecular weight is 219 g/mol. The normalized spacial score (nSPS) is 10.2. The Labute approximate surface area is 74.4 Å². The first-order valence-electron chi connectivity index (χ1n) is 3.56. The molecule has 0 saturated carbocycles. The summed E-state index contributed by atoms with van der Waals surface area (Å²) in [6.45, 7) is 2.22. The van der Waals surface area contributed by atoms with Crippen LogP contribution in [0.1, 0.15) is 24.6 Å². The third-order valence-corrected chi connectivity index (χ3v) is 3.16. The molecule has 1 rings (SSSR count). The van der Waals surface area contributed by atoms with Crippen LogP contribution >= 0.6 is 27.3 Å². The SMILES string of the molecule is CCCCc1cc(Br)cs1. The first-order chi connectivity index (χ1) is 4.83. The molecule has 0 unspecified atom stereocenters. The lowest BCUT2D eigenvalue weighted by Gasteiger charge is -1.90. The van der Waals surface area contributed by atoms with Gasteiger partial charge in [-0.05, 0) is 34.8 Å². The molecule has 0 atom stereocenters. The third-order valence-electron chi connectivity index (χ3n) is 1.40. The molecular weight excluding hydrogens is 208 g/mol. The Morgan fingerprint density at radius 3 is 2.90 bits per heavy atom. The second-order valence-electron chi connectivity index (χ2n) is 2.33. The van der Waals surface area contributed by atoms with Crippen molar-refractivity contribution in [3.05, 3.63) is 20.8 Å². The highest BCUT2D eigenvalue weighted by molar-refractivity contribution is 9.10. The standard InChI is InChI=1S/C8H11BrS/c1-2-3-4-8-5-7(9)6-10-8/h5-6H,2-4H2,1H3. The predicted octanol–water partition coefficient (Wildman–Crippen LogP) is 3.85. The smallest absolute Gasteiger partial charge is 0.0285 e. The van der Waals surface area contributed by atoms with Gasteiger partial charge in [-0.3, -0.25) is 0 Å². The molecule has 0 saturated heterocycles. The van der Waals surface area contributed by atoms with E-state index in [-0.39, 0.29) is 0 Å². The molecule has 56 valence electrons. The fourth-order valence-electron chi connectivity index (χ4n) is 0.836. The van der Waals surface area contributed by atoms with Crippen molar-refractivity contribution in [3.8, 4) is 0 Å². The molecule has 0 radical (unpaired) electrons. The maximum Gasteiger partial charge on any atom is 0.0285 e. The number of hydrogen-bond acceptors (Lipinski definition) is 1. The molecule has 0 N–H and O–H groups in total. The van der Waals surface area contributed by atoms with Gasteiger partial charge in [0, 0.05) is 14.7 Å². The number of rotatable bonds is 3. The lowest BCUT2D eigenvalue weighted by Crippen LogP contribution is -1.76. The lowest BCUT2D eigenvalue weighted by atomic mass is 10.2. The maximum atomic E-state index is 3.43. The fraction of sp³-hybridized carbons (Fsp3) is 0.500. The van der Waals surface area contributed by atoms with Crippen LogP contribution < -0.4 is 0 Å². The number of hydrogen-bond donors (Lipinski definition) is 0. The van der Waals surface area contributed by atoms with E-state index in [1.807, 2.05) is 11.3 Å². The quantitative estimate of drug-likeness (QED) is 0.724. The number of unbranched alkanes of at least 4 members (excludes halogenated alkanes) is 1. The lowest BCUT2D eigenvalue weighted by molar-refractivity contribution is 0.804. The second kappa shape index (κ2) is 4.14. The largest absolute Gasteiger partial charge is 0.148 e. The number of aryl methyl sites for hydroxylation is 1. The summed E-state index contributed by atoms with van der Waals surface area (Å²) in [6, 6.07) is 2.21. The Morgan fingerprint density at radius 1 is 1.60 bits per heavy atom. The zero-order valence-corrected chi connectivity index (χ0v) is 8.46. The van der Waals surface area contributed by atoms with Gasteiger partial charge in [-0.15, -0.1) is 11.3 Å². The molecule has 1 heterocycles. The van der Waals surface area contributed by atoms with E-state index < -0.39 is 0 Å². The van der Waals surface area contributed by atoms with Gasteiger partial charge in [-0.25, -0.2) is 0 Å². The van der Waals surface area contributed by atoms with E-state index in [1.54, 1.807) is 0 Å². The van der Waals surface area contributed by atoms with Crippen molar-refractivity contribution in [1.82, 2.24) is 0 Å². The summed E-state index contributed by atoms with van der Waals surface area (Å²) < 4.78 is 1.23. The van der Waals surface area contributed by atoms with Crippen molar-refractivity contribution in [3.63, 3.8) is 0 Å². The summed E-state index contributed by atoms with van der Waals surface area (Å²) in [7, 11) is 0. The van der Waals surface area contributed by atoms with Crippen molar-refractivity contribution in [2.75, 3.05) is 0 Å². The number of thiophene rings is 1. The molecule has 0 bridgehead atoms. The molecule has 0 aliphatic carbocycles. The van der Waals surface area contributed by atoms with Crippen LogP contribution in [0.25, 0.3) is 0 Å². The molecule has 0 spiro atoms. The Morgan fingerprint density at radius 2 is 2.40 bits per heavy atom. The minimum absolute atomic E-state index is 1.23. The van der Waals surface area contributed by atoms with Crippen LogP contribution in [0.3, 0.4) is 0 Å². The summed E-state index contributed by atoms with van der Waals surface area (Å²) in [5.41, 5.74) is 0. The molecule has 10 heavy (non-hydrogen) atoms. The third kappa shape index (κ3) is 2.43. The van der Waals surface area contributed by atoms with Crippen molar-refractivity contribution >= 4 is 27.3 Å². The molecule has 2 heteroatoms. The van der Waals surface area contributed by atoms with E-state index in [0.29, 0.717) is 0 Å². The fourth-order valence-corrected chi connectivity index (χ4v) is 2.33. The van der Waals surface area contributed by atoms with Crippen LogP contribution in [-0.2, 0) is 6.42 Å². The molecule has 0 amide bonds. The van der Waals surface area contributed by atoms with E-state index in [4.69, 9.17) is 0 Å². The van der Waals surface area contributed by atoms with Gasteiger partial charge in [0.1, 0.15) is 0 Å². The van der Waals surface area contributed by atoms with E-state index in [9.17, 15) is 0 Å². The molecule has 1 aromatic heterocycles. The molecular formula is C8H11BrS. The summed E-state index contributed by atoms with van der Waals surface area (Å²) in [4.78, 5) is 1.49. The summed E-state index contributed by atoms with van der Waals surface area (Å²) >= 11 is 5.28. The Bertz CT molecular complexity index is 193. The first kappa shape index (κ1) is 8.28. The highest BCUT2D eigenvalue weighted by Crippen LogP contribution is 2.20. The van der Waals surface area contributed by atoms with E-state index in [1.165, 1.54) is 28.6 Å². The van der Waals surface area contributed by atoms with Gasteiger partial charge in [0.05, 0.1) is 0 Å². The van der Waals surface area contributed by atoms with Crippen molar-refractivity contribution in [2.45, 2.75) is 26.2 Å². The van der Waals surface area contributed by atoms with Crippen LogP contribution in [0, 0.1) is 0 Å². The van der Waals surface area contributed by atoms with Crippen LogP contribution in [0.5, 0.6) is 0 Å². The highest BCUT2D eigenvalue weighted by Gasteiger charge is 1.94. The molecule has 0 aliphatic rings. The van der Waals surface area contributed by atoms with E-state index >= 15 is 0 Å². The summed E-state index contributed by atoms with van der Waals surface area (Å²) in [6.07, 6.45) is 3.84. The van der Waals surface area contributed by atoms with Gasteiger partial charge in [0.15, 0.2) is 0 Å². The van der Waals surface area contributed by atoms with Gasteiger partial charge in [0.2, 0.25) is 0 Å². The molecule has 0 aromatic carbocycles. The van der Waals surface area contributed by atoms with Crippen LogP contribution in [-0.4, -0.2) is 0 Å². The van der Waals surface area contributed by atoms with E-state index in [0.717, 1.165) is 0 Å². The first-order valence-corrected chi connectivity index (χ1v) is 5.23. The molecule has 0 nitrogen and oxygen atoms in total. The van der Waals surface area contributed by atoms with Crippen molar-refractivity contribution in [2.24, 2.45) is 0 Å². The minimum atomic E-state index is 1.23. The molecule has 1 aromatic rings. The Balaban J connectivity index is 2.42. The molecule has 0 fully saturated rings. The monoisotopic (exact) mass is 218 g/mol. The van der Waals surface area contributed by atoms with Gasteiger partial charge in [0.25, 0.3) is 0 Å². The summed E-state index contributed by atoms with van der Waals surface area (Å²) in [5.74, 6) is 0. The summed E-state index contributed by atoms with van der Waals surface area (Å²) in [5, 5.41) is 2.14. The zero-order chi connectivity index (χ0) is 7.40. The van der Waals surface area contributed by atoms with Gasteiger partial charge < -0.3 is 0 Å². The maximum absolute atomic E-state index is 3.43. The zero-order valence-electron chi connectivity index (χ0n) is 6.06. The van der Waals surface area contributed by atoms with Crippen molar-refractivity contribution in [1.29, 1.82) is 0 Å². The minimum Gasteiger partial charge on any atom is -0.148 e. The van der Waals surface area contributed by atoms with Crippen LogP contribution in [0.15, 0.2) is 15.9 Å². The topological polar surface area (TPSA) is 0 Å². The average Bonchev–Trinajstić information content (AvgIpc) is 2.31. The Hall–Kier alpha value is 0.180. The van der Waals surface area contributed by atoms with Crippen molar-refractivity contribution < 1.29 is 0 Å². The highest BCUT2D eigenvalue weighted by atomic mass is 79.9. The second-order valence-corrected chi connectivity index (χ2v) is 4.25.